The molecule has 1 spiro atoms. The maximum Gasteiger partial charge on any atom is 0.310 e. The second-order valence-electron chi connectivity index (χ2n) is 7.93. The summed E-state index contributed by atoms with van der Waals surface area (Å²) in [7, 11) is 1.53. The number of hydrogen-bond acceptors (Lipinski definition) is 6. The Morgan fingerprint density at radius 1 is 1.34 bits per heavy atom. The fourth-order valence-electron chi connectivity index (χ4n) is 4.49. The molecule has 0 saturated carbocycles. The highest BCUT2D eigenvalue weighted by atomic mass is 19.3. The van der Waals surface area contributed by atoms with Crippen LogP contribution >= 0.6 is 0 Å². The molecule has 1 aromatic carbocycles. The summed E-state index contributed by atoms with van der Waals surface area (Å²) in [6.07, 6.45) is 0.564. The summed E-state index contributed by atoms with van der Waals surface area (Å²) < 4.78 is 34.2. The van der Waals surface area contributed by atoms with Crippen molar-refractivity contribution in [2.75, 3.05) is 39.9 Å². The van der Waals surface area contributed by atoms with Crippen LogP contribution in [-0.4, -0.2) is 71.6 Å². The van der Waals surface area contributed by atoms with E-state index in [1.54, 1.807) is 4.90 Å². The fraction of sp³-hybridized carbons (Fsp3) is 0.632. The normalized spacial score (nSPS) is 24.8. The Balaban J connectivity index is 1.80. The number of hydrogen-bond donors (Lipinski definition) is 1. The van der Waals surface area contributed by atoms with Gasteiger partial charge in [-0.2, -0.15) is 0 Å². The van der Waals surface area contributed by atoms with Gasteiger partial charge in [0, 0.05) is 45.8 Å². The number of piperidine rings is 2. The van der Waals surface area contributed by atoms with E-state index in [-0.39, 0.29) is 19.0 Å². The Morgan fingerprint density at radius 2 is 2.10 bits per heavy atom. The molecule has 1 amide bonds. The maximum absolute atomic E-state index is 14.6. The molecule has 3 rings (SSSR count). The van der Waals surface area contributed by atoms with Gasteiger partial charge in [-0.1, -0.05) is 6.07 Å². The quantitative estimate of drug-likeness (QED) is 0.568. The molecule has 0 aliphatic carbocycles. The minimum absolute atomic E-state index is 0.0637. The monoisotopic (exact) mass is 413 g/mol. The number of nitro benzene ring substituents is 1. The minimum Gasteiger partial charge on any atom is -0.502 e. The average molecular weight is 413 g/mol. The number of methoxy groups -OCH3 is 1. The Labute approximate surface area is 167 Å². The lowest BCUT2D eigenvalue weighted by molar-refractivity contribution is -0.385. The second-order valence-corrected chi connectivity index (χ2v) is 7.93. The van der Waals surface area contributed by atoms with E-state index in [0.29, 0.717) is 38.1 Å². The van der Waals surface area contributed by atoms with E-state index in [0.717, 1.165) is 6.07 Å². The van der Waals surface area contributed by atoms with E-state index in [2.05, 4.69) is 0 Å². The van der Waals surface area contributed by atoms with E-state index < -0.39 is 40.7 Å². The van der Waals surface area contributed by atoms with Gasteiger partial charge in [-0.15, -0.1) is 0 Å². The predicted molar refractivity (Wildman–Crippen MR) is 99.7 cm³/mol. The highest BCUT2D eigenvalue weighted by molar-refractivity contribution is 5.84. The summed E-state index contributed by atoms with van der Waals surface area (Å²) in [4.78, 5) is 26.3. The lowest BCUT2D eigenvalue weighted by atomic mass is 9.71. The number of nitrogens with zero attached hydrogens (tertiary/aromatic N) is 3. The summed E-state index contributed by atoms with van der Waals surface area (Å²) >= 11 is 0. The van der Waals surface area contributed by atoms with Crippen LogP contribution in [0.25, 0.3) is 0 Å². The standard InChI is InChI=1S/C19H25F2N3O5/c1-29-8-7-23-6-2-5-18(17(23)26)11-19(20,21)13-22(12-18)10-14-3-4-15(24(27)28)16(25)9-14/h3-4,9,25H,2,5-8,10-13H2,1H3/t18-/m0/s1. The Morgan fingerprint density at radius 3 is 2.76 bits per heavy atom. The molecule has 0 bridgehead atoms. The summed E-state index contributed by atoms with van der Waals surface area (Å²) in [5.41, 5.74) is -1.12. The molecule has 2 saturated heterocycles. The van der Waals surface area contributed by atoms with Gasteiger partial charge in [-0.05, 0) is 24.5 Å². The molecule has 0 unspecified atom stereocenters. The lowest BCUT2D eigenvalue weighted by Gasteiger charge is -2.49. The summed E-state index contributed by atoms with van der Waals surface area (Å²) in [5.74, 6) is -3.80. The third-order valence-electron chi connectivity index (χ3n) is 5.61. The number of rotatable bonds is 6. The number of carbonyl (C=O) groups is 1. The Kier molecular flexibility index (Phi) is 6.04. The number of carbonyl (C=O) groups excluding carboxylic acids is 1. The Hall–Kier alpha value is -2.33. The number of likely N-dealkylation sites (tertiary alicyclic amines) is 2. The first kappa shape index (κ1) is 21.4. The first-order valence-electron chi connectivity index (χ1n) is 9.51. The largest absolute Gasteiger partial charge is 0.502 e. The van der Waals surface area contributed by atoms with Crippen LogP contribution in [0.4, 0.5) is 14.5 Å². The number of nitro groups is 1. The van der Waals surface area contributed by atoms with Crippen LogP contribution in [0.2, 0.25) is 0 Å². The van der Waals surface area contributed by atoms with Crippen molar-refractivity contribution in [2.45, 2.75) is 31.7 Å². The molecule has 2 heterocycles. The molecule has 2 fully saturated rings. The van der Waals surface area contributed by atoms with Crippen molar-refractivity contribution < 1.29 is 28.3 Å². The number of ether oxygens (including phenoxy) is 1. The number of halogens is 2. The summed E-state index contributed by atoms with van der Waals surface area (Å²) in [6.45, 7) is 1.00. The number of benzene rings is 1. The molecule has 10 heteroatoms. The van der Waals surface area contributed by atoms with Crippen LogP contribution in [-0.2, 0) is 16.1 Å². The van der Waals surface area contributed by atoms with Crippen molar-refractivity contribution in [2.24, 2.45) is 5.41 Å². The average Bonchev–Trinajstić information content (AvgIpc) is 2.61. The maximum atomic E-state index is 14.6. The van der Waals surface area contributed by atoms with Gasteiger partial charge >= 0.3 is 5.69 Å². The van der Waals surface area contributed by atoms with Crippen LogP contribution in [0.15, 0.2) is 18.2 Å². The van der Waals surface area contributed by atoms with E-state index >= 15 is 0 Å². The van der Waals surface area contributed by atoms with E-state index in [4.69, 9.17) is 4.74 Å². The van der Waals surface area contributed by atoms with Crippen molar-refractivity contribution in [3.8, 4) is 5.75 Å². The molecule has 1 aromatic rings. The topological polar surface area (TPSA) is 96.2 Å². The highest BCUT2D eigenvalue weighted by Gasteiger charge is 2.55. The zero-order valence-electron chi connectivity index (χ0n) is 16.3. The number of phenolic OH excluding ortho intramolecular Hbond substituents is 1. The van der Waals surface area contributed by atoms with Crippen molar-refractivity contribution in [1.82, 2.24) is 9.80 Å². The first-order valence-corrected chi connectivity index (χ1v) is 9.51. The number of amides is 1. The van der Waals surface area contributed by atoms with Crippen molar-refractivity contribution >= 4 is 11.6 Å². The molecule has 2 aliphatic rings. The van der Waals surface area contributed by atoms with Gasteiger partial charge in [0.1, 0.15) is 0 Å². The molecule has 160 valence electrons. The van der Waals surface area contributed by atoms with Crippen molar-refractivity contribution in [1.29, 1.82) is 0 Å². The van der Waals surface area contributed by atoms with Gasteiger partial charge in [0.05, 0.1) is 23.5 Å². The third kappa shape index (κ3) is 4.64. The molecule has 2 aliphatic heterocycles. The summed E-state index contributed by atoms with van der Waals surface area (Å²) in [5, 5.41) is 20.7. The zero-order valence-corrected chi connectivity index (χ0v) is 16.3. The van der Waals surface area contributed by atoms with Gasteiger partial charge in [0.15, 0.2) is 5.75 Å². The smallest absolute Gasteiger partial charge is 0.310 e. The molecule has 1 atom stereocenters. The van der Waals surface area contributed by atoms with Gasteiger partial charge in [-0.3, -0.25) is 19.8 Å². The molecule has 8 nitrogen and oxygen atoms in total. The summed E-state index contributed by atoms with van der Waals surface area (Å²) in [6, 6.07) is 3.80. The number of alkyl halides is 2. The highest BCUT2D eigenvalue weighted by Crippen LogP contribution is 2.45. The van der Waals surface area contributed by atoms with Crippen LogP contribution in [0.1, 0.15) is 24.8 Å². The molecule has 29 heavy (non-hydrogen) atoms. The van der Waals surface area contributed by atoms with Crippen LogP contribution < -0.4 is 0 Å². The van der Waals surface area contributed by atoms with Gasteiger partial charge in [-0.25, -0.2) is 8.78 Å². The molecular formula is C19H25F2N3O5. The van der Waals surface area contributed by atoms with E-state index in [1.807, 2.05) is 0 Å². The fourth-order valence-corrected chi connectivity index (χ4v) is 4.49. The van der Waals surface area contributed by atoms with Crippen LogP contribution in [0.5, 0.6) is 5.75 Å². The zero-order chi connectivity index (χ0) is 21.2. The minimum atomic E-state index is -3.03. The van der Waals surface area contributed by atoms with Gasteiger partial charge in [0.2, 0.25) is 5.91 Å². The van der Waals surface area contributed by atoms with Gasteiger partial charge < -0.3 is 14.7 Å². The van der Waals surface area contributed by atoms with E-state index in [9.17, 15) is 28.8 Å². The lowest BCUT2D eigenvalue weighted by Crippen LogP contribution is -2.61. The SMILES string of the molecule is COCCN1CCC[C@]2(CN(Cc3ccc([N+](=O)[O-])c(O)c3)CC(F)(F)C2)C1=O. The number of phenols is 1. The molecule has 1 N–H and O–H groups in total. The third-order valence-corrected chi connectivity index (χ3v) is 5.61. The second kappa shape index (κ2) is 8.19. The molecular weight excluding hydrogens is 388 g/mol. The first-order chi connectivity index (χ1) is 13.7. The van der Waals surface area contributed by atoms with Crippen LogP contribution in [0.3, 0.4) is 0 Å². The van der Waals surface area contributed by atoms with Gasteiger partial charge in [0.25, 0.3) is 5.92 Å². The molecule has 0 radical (unpaired) electrons. The van der Waals surface area contributed by atoms with E-state index in [1.165, 1.54) is 24.1 Å². The molecule has 0 aromatic heterocycles. The van der Waals surface area contributed by atoms with Crippen molar-refractivity contribution in [3.05, 3.63) is 33.9 Å². The Bertz CT molecular complexity index is 791. The number of aromatic hydroxyl groups is 1. The predicted octanol–water partition coefficient (Wildman–Crippen LogP) is 2.40. The van der Waals surface area contributed by atoms with Crippen molar-refractivity contribution in [3.63, 3.8) is 0 Å². The van der Waals surface area contributed by atoms with Crippen LogP contribution in [0, 0.1) is 15.5 Å².